The Bertz CT molecular complexity index is 819. The van der Waals surface area contributed by atoms with Crippen LogP contribution in [0.5, 0.6) is 0 Å². The van der Waals surface area contributed by atoms with Crippen LogP contribution in [-0.4, -0.2) is 25.4 Å². The molecule has 3 rings (SSSR count). The molecule has 106 valence electrons. The summed E-state index contributed by atoms with van der Waals surface area (Å²) in [5.74, 6) is -0.883. The maximum atomic E-state index is 11.2. The first-order valence-corrected chi connectivity index (χ1v) is 6.67. The van der Waals surface area contributed by atoms with Crippen LogP contribution >= 0.6 is 0 Å². The van der Waals surface area contributed by atoms with Gasteiger partial charge in [0.1, 0.15) is 11.3 Å². The van der Waals surface area contributed by atoms with E-state index in [1.165, 1.54) is 0 Å². The fraction of sp³-hybridized carbons (Fsp3) is 0.188. The molecular weight excluding hydrogens is 266 g/mol. The lowest BCUT2D eigenvalue weighted by atomic mass is 10.1. The van der Waals surface area contributed by atoms with Crippen LogP contribution in [0.2, 0.25) is 0 Å². The zero-order valence-electron chi connectivity index (χ0n) is 11.9. The van der Waals surface area contributed by atoms with Crippen LogP contribution in [0, 0.1) is 13.8 Å². The van der Waals surface area contributed by atoms with E-state index in [2.05, 4.69) is 9.97 Å². The van der Waals surface area contributed by atoms with Crippen molar-refractivity contribution in [2.75, 3.05) is 0 Å². The molecule has 3 aromatic rings. The van der Waals surface area contributed by atoms with Crippen molar-refractivity contribution in [1.82, 2.24) is 14.4 Å². The number of rotatable bonds is 3. The van der Waals surface area contributed by atoms with Gasteiger partial charge in [-0.2, -0.15) is 0 Å². The molecule has 1 N–H and O–H groups in total. The fourth-order valence-electron chi connectivity index (χ4n) is 2.32. The minimum absolute atomic E-state index is 0.0878. The highest BCUT2D eigenvalue weighted by Gasteiger charge is 2.17. The van der Waals surface area contributed by atoms with Crippen molar-refractivity contribution in [2.45, 2.75) is 20.3 Å². The van der Waals surface area contributed by atoms with E-state index >= 15 is 0 Å². The number of carboxylic acids is 1. The molecular formula is C16H15N3O2. The van der Waals surface area contributed by atoms with Crippen LogP contribution in [0.1, 0.15) is 16.8 Å². The second kappa shape index (κ2) is 5.01. The normalized spacial score (nSPS) is 11.0. The molecule has 0 fully saturated rings. The van der Waals surface area contributed by atoms with Crippen molar-refractivity contribution >= 4 is 11.6 Å². The molecule has 0 saturated heterocycles. The van der Waals surface area contributed by atoms with Gasteiger partial charge in [0.05, 0.1) is 17.8 Å². The molecule has 0 spiro atoms. The average Bonchev–Trinajstić information content (AvgIpc) is 2.77. The standard InChI is InChI=1S/C16H15N3O2/c1-10-3-5-12(17-8-10)16-13(7-15(20)21)19-9-11(2)4-6-14(19)18-16/h3-6,8-9H,7H2,1-2H3,(H,20,21). The average molecular weight is 281 g/mol. The van der Waals surface area contributed by atoms with Gasteiger partial charge in [0.25, 0.3) is 0 Å². The Kier molecular flexibility index (Phi) is 3.17. The molecule has 0 atom stereocenters. The summed E-state index contributed by atoms with van der Waals surface area (Å²) >= 11 is 0. The quantitative estimate of drug-likeness (QED) is 0.801. The Hall–Kier alpha value is -2.69. The Labute approximate surface area is 121 Å². The number of carbonyl (C=O) groups is 1. The van der Waals surface area contributed by atoms with Gasteiger partial charge in [-0.3, -0.25) is 9.78 Å². The number of hydrogen-bond donors (Lipinski definition) is 1. The summed E-state index contributed by atoms with van der Waals surface area (Å²) in [6.45, 7) is 3.93. The van der Waals surface area contributed by atoms with Gasteiger partial charge in [-0.05, 0) is 37.1 Å². The number of carboxylic acid groups (broad SMARTS) is 1. The summed E-state index contributed by atoms with van der Waals surface area (Å²) < 4.78 is 1.83. The van der Waals surface area contributed by atoms with E-state index in [1.54, 1.807) is 6.20 Å². The monoisotopic (exact) mass is 281 g/mol. The summed E-state index contributed by atoms with van der Waals surface area (Å²) in [5.41, 5.74) is 4.81. The van der Waals surface area contributed by atoms with E-state index in [0.717, 1.165) is 16.8 Å². The van der Waals surface area contributed by atoms with Gasteiger partial charge in [-0.1, -0.05) is 12.1 Å². The van der Waals surface area contributed by atoms with Crippen molar-refractivity contribution < 1.29 is 9.90 Å². The minimum Gasteiger partial charge on any atom is -0.481 e. The van der Waals surface area contributed by atoms with Gasteiger partial charge in [0.2, 0.25) is 0 Å². The number of aliphatic carboxylic acids is 1. The summed E-state index contributed by atoms with van der Waals surface area (Å²) in [4.78, 5) is 20.1. The molecule has 5 nitrogen and oxygen atoms in total. The van der Waals surface area contributed by atoms with Crippen molar-refractivity contribution in [3.63, 3.8) is 0 Å². The van der Waals surface area contributed by atoms with Crippen molar-refractivity contribution in [3.05, 3.63) is 53.5 Å². The zero-order chi connectivity index (χ0) is 15.0. The predicted octanol–water partition coefficient (Wildman–Crippen LogP) is 2.64. The third-order valence-corrected chi connectivity index (χ3v) is 3.34. The van der Waals surface area contributed by atoms with E-state index in [4.69, 9.17) is 5.11 Å². The largest absolute Gasteiger partial charge is 0.481 e. The maximum absolute atomic E-state index is 11.2. The SMILES string of the molecule is Cc1ccc(-c2nc3ccc(C)cn3c2CC(=O)O)nc1. The molecule has 0 aliphatic heterocycles. The second-order valence-corrected chi connectivity index (χ2v) is 5.13. The molecule has 0 unspecified atom stereocenters. The molecule has 3 aromatic heterocycles. The summed E-state index contributed by atoms with van der Waals surface area (Å²) in [7, 11) is 0. The Morgan fingerprint density at radius 3 is 2.62 bits per heavy atom. The summed E-state index contributed by atoms with van der Waals surface area (Å²) in [6.07, 6.45) is 3.57. The third kappa shape index (κ3) is 2.50. The summed E-state index contributed by atoms with van der Waals surface area (Å²) in [5, 5.41) is 9.17. The lowest BCUT2D eigenvalue weighted by Crippen LogP contribution is -2.05. The number of aryl methyl sites for hydroxylation is 2. The first kappa shape index (κ1) is 13.3. The van der Waals surface area contributed by atoms with Crippen LogP contribution < -0.4 is 0 Å². The lowest BCUT2D eigenvalue weighted by molar-refractivity contribution is -0.136. The predicted molar refractivity (Wildman–Crippen MR) is 79.2 cm³/mol. The van der Waals surface area contributed by atoms with Crippen molar-refractivity contribution in [1.29, 1.82) is 0 Å². The number of nitrogens with zero attached hydrogens (tertiary/aromatic N) is 3. The lowest BCUT2D eigenvalue weighted by Gasteiger charge is -2.03. The molecule has 0 aromatic carbocycles. The van der Waals surface area contributed by atoms with Gasteiger partial charge < -0.3 is 9.51 Å². The van der Waals surface area contributed by atoms with Gasteiger partial charge in [0, 0.05) is 12.4 Å². The van der Waals surface area contributed by atoms with Crippen LogP contribution in [-0.2, 0) is 11.2 Å². The van der Waals surface area contributed by atoms with E-state index in [1.807, 2.05) is 48.7 Å². The van der Waals surface area contributed by atoms with Crippen molar-refractivity contribution in [2.24, 2.45) is 0 Å². The van der Waals surface area contributed by atoms with E-state index in [0.29, 0.717) is 17.1 Å². The molecule has 21 heavy (non-hydrogen) atoms. The van der Waals surface area contributed by atoms with Gasteiger partial charge in [-0.25, -0.2) is 4.98 Å². The molecule has 0 aliphatic rings. The molecule has 5 heteroatoms. The molecule has 0 saturated carbocycles. The molecule has 3 heterocycles. The smallest absolute Gasteiger partial charge is 0.309 e. The highest BCUT2D eigenvalue weighted by molar-refractivity contribution is 5.75. The second-order valence-electron chi connectivity index (χ2n) is 5.13. The topological polar surface area (TPSA) is 67.5 Å². The molecule has 0 bridgehead atoms. The van der Waals surface area contributed by atoms with Gasteiger partial charge in [0.15, 0.2) is 0 Å². The number of aromatic nitrogens is 3. The van der Waals surface area contributed by atoms with Crippen LogP contribution in [0.15, 0.2) is 36.7 Å². The first-order valence-electron chi connectivity index (χ1n) is 6.67. The Morgan fingerprint density at radius 2 is 1.95 bits per heavy atom. The van der Waals surface area contributed by atoms with Crippen LogP contribution in [0.4, 0.5) is 0 Å². The number of fused-ring (bicyclic) bond motifs is 1. The summed E-state index contributed by atoms with van der Waals surface area (Å²) in [6, 6.07) is 7.66. The first-order chi connectivity index (χ1) is 10.0. The van der Waals surface area contributed by atoms with Crippen molar-refractivity contribution in [3.8, 4) is 11.4 Å². The Balaban J connectivity index is 2.25. The highest BCUT2D eigenvalue weighted by atomic mass is 16.4. The Morgan fingerprint density at radius 1 is 1.19 bits per heavy atom. The van der Waals surface area contributed by atoms with Crippen LogP contribution in [0.3, 0.4) is 0 Å². The zero-order valence-corrected chi connectivity index (χ0v) is 11.9. The minimum atomic E-state index is -0.883. The number of imidazole rings is 1. The van der Waals surface area contributed by atoms with E-state index < -0.39 is 5.97 Å². The number of pyridine rings is 2. The molecule has 0 aliphatic carbocycles. The van der Waals surface area contributed by atoms with E-state index in [-0.39, 0.29) is 6.42 Å². The molecule has 0 amide bonds. The molecule has 0 radical (unpaired) electrons. The van der Waals surface area contributed by atoms with Gasteiger partial charge in [-0.15, -0.1) is 0 Å². The number of hydrogen-bond acceptors (Lipinski definition) is 3. The van der Waals surface area contributed by atoms with Crippen LogP contribution in [0.25, 0.3) is 17.0 Å². The fourth-order valence-corrected chi connectivity index (χ4v) is 2.32. The highest BCUT2D eigenvalue weighted by Crippen LogP contribution is 2.24. The maximum Gasteiger partial charge on any atom is 0.309 e. The third-order valence-electron chi connectivity index (χ3n) is 3.34. The van der Waals surface area contributed by atoms with E-state index in [9.17, 15) is 4.79 Å². The van der Waals surface area contributed by atoms with Gasteiger partial charge >= 0.3 is 5.97 Å².